The first-order valence-electron chi connectivity index (χ1n) is 4.57. The SMILES string of the molecule is CO.O=CC1CCCCCCN1. The zero-order valence-corrected chi connectivity index (χ0v) is 7.75. The minimum absolute atomic E-state index is 0.139. The van der Waals surface area contributed by atoms with Crippen molar-refractivity contribution in [1.82, 2.24) is 5.32 Å². The van der Waals surface area contributed by atoms with E-state index in [1.54, 1.807) is 0 Å². The van der Waals surface area contributed by atoms with Crippen molar-refractivity contribution in [3.63, 3.8) is 0 Å². The predicted octanol–water partition coefficient (Wildman–Crippen LogP) is 0.716. The molecule has 1 unspecified atom stereocenters. The average molecular weight is 173 g/mol. The quantitative estimate of drug-likeness (QED) is 0.574. The van der Waals surface area contributed by atoms with Crippen molar-refractivity contribution in [3.05, 3.63) is 0 Å². The van der Waals surface area contributed by atoms with Gasteiger partial charge in [0.05, 0.1) is 6.04 Å². The van der Waals surface area contributed by atoms with Crippen LogP contribution in [0.5, 0.6) is 0 Å². The zero-order valence-electron chi connectivity index (χ0n) is 7.75. The maximum atomic E-state index is 10.4. The van der Waals surface area contributed by atoms with Crippen LogP contribution in [0.1, 0.15) is 32.1 Å². The Morgan fingerprint density at radius 1 is 1.25 bits per heavy atom. The first-order valence-corrected chi connectivity index (χ1v) is 4.57. The maximum Gasteiger partial charge on any atom is 0.136 e. The summed E-state index contributed by atoms with van der Waals surface area (Å²) in [6.07, 6.45) is 7.11. The number of aliphatic hydroxyl groups excluding tert-OH is 1. The fourth-order valence-electron chi connectivity index (χ4n) is 1.35. The van der Waals surface area contributed by atoms with Gasteiger partial charge in [-0.2, -0.15) is 0 Å². The summed E-state index contributed by atoms with van der Waals surface area (Å²) in [6, 6.07) is 0.139. The Morgan fingerprint density at radius 2 is 1.92 bits per heavy atom. The van der Waals surface area contributed by atoms with Gasteiger partial charge in [-0.1, -0.05) is 19.3 Å². The fourth-order valence-corrected chi connectivity index (χ4v) is 1.35. The maximum absolute atomic E-state index is 10.4. The van der Waals surface area contributed by atoms with Crippen molar-refractivity contribution < 1.29 is 9.90 Å². The van der Waals surface area contributed by atoms with Crippen LogP contribution in [0.15, 0.2) is 0 Å². The summed E-state index contributed by atoms with van der Waals surface area (Å²) in [5, 5.41) is 10.2. The molecule has 1 heterocycles. The van der Waals surface area contributed by atoms with E-state index in [1.807, 2.05) is 0 Å². The Bertz CT molecular complexity index is 98.7. The predicted molar refractivity (Wildman–Crippen MR) is 49.1 cm³/mol. The van der Waals surface area contributed by atoms with Gasteiger partial charge in [0.15, 0.2) is 0 Å². The fraction of sp³-hybridized carbons (Fsp3) is 0.889. The van der Waals surface area contributed by atoms with Crippen molar-refractivity contribution in [2.24, 2.45) is 0 Å². The highest BCUT2D eigenvalue weighted by Crippen LogP contribution is 2.07. The van der Waals surface area contributed by atoms with Crippen LogP contribution >= 0.6 is 0 Å². The van der Waals surface area contributed by atoms with Gasteiger partial charge < -0.3 is 15.2 Å². The lowest BCUT2D eigenvalue weighted by molar-refractivity contribution is -0.109. The normalized spacial score (nSPS) is 24.3. The molecule has 0 bridgehead atoms. The van der Waals surface area contributed by atoms with Crippen molar-refractivity contribution >= 4 is 6.29 Å². The molecule has 72 valence electrons. The number of carbonyl (C=O) groups excluding carboxylic acids is 1. The highest BCUT2D eigenvalue weighted by molar-refractivity contribution is 5.57. The number of carbonyl (C=O) groups is 1. The van der Waals surface area contributed by atoms with E-state index in [1.165, 1.54) is 25.7 Å². The number of hydrogen-bond acceptors (Lipinski definition) is 3. The molecule has 0 amide bonds. The summed E-state index contributed by atoms with van der Waals surface area (Å²) in [4.78, 5) is 10.4. The topological polar surface area (TPSA) is 49.3 Å². The summed E-state index contributed by atoms with van der Waals surface area (Å²) in [6.45, 7) is 1.02. The molecule has 3 heteroatoms. The molecule has 0 aromatic heterocycles. The lowest BCUT2D eigenvalue weighted by Gasteiger charge is -2.15. The monoisotopic (exact) mass is 173 g/mol. The van der Waals surface area contributed by atoms with Crippen LogP contribution in [0.2, 0.25) is 0 Å². The first-order chi connectivity index (χ1) is 5.93. The second-order valence-electron chi connectivity index (χ2n) is 2.90. The largest absolute Gasteiger partial charge is 0.400 e. The summed E-state index contributed by atoms with van der Waals surface area (Å²) in [7, 11) is 1.00. The zero-order chi connectivity index (χ0) is 9.23. The summed E-state index contributed by atoms with van der Waals surface area (Å²) >= 11 is 0. The number of nitrogens with one attached hydrogen (secondary N) is 1. The van der Waals surface area contributed by atoms with Crippen LogP contribution in [0, 0.1) is 0 Å². The third-order valence-electron chi connectivity index (χ3n) is 2.01. The number of hydrogen-bond donors (Lipinski definition) is 2. The van der Waals surface area contributed by atoms with Gasteiger partial charge in [0.2, 0.25) is 0 Å². The smallest absolute Gasteiger partial charge is 0.136 e. The minimum atomic E-state index is 0.139. The van der Waals surface area contributed by atoms with Gasteiger partial charge in [0.25, 0.3) is 0 Å². The molecule has 0 saturated carbocycles. The van der Waals surface area contributed by atoms with Gasteiger partial charge in [-0.05, 0) is 19.4 Å². The highest BCUT2D eigenvalue weighted by atomic mass is 16.2. The van der Waals surface area contributed by atoms with Gasteiger partial charge in [0, 0.05) is 7.11 Å². The third kappa shape index (κ3) is 5.27. The Balaban J connectivity index is 0.000000561. The van der Waals surface area contributed by atoms with Crippen LogP contribution in [-0.4, -0.2) is 31.1 Å². The van der Waals surface area contributed by atoms with Crippen molar-refractivity contribution in [3.8, 4) is 0 Å². The molecule has 0 radical (unpaired) electrons. The second kappa shape index (κ2) is 8.68. The van der Waals surface area contributed by atoms with Gasteiger partial charge in [-0.15, -0.1) is 0 Å². The molecule has 1 fully saturated rings. The van der Waals surface area contributed by atoms with Crippen molar-refractivity contribution in [2.75, 3.05) is 13.7 Å². The van der Waals surface area contributed by atoms with E-state index in [-0.39, 0.29) is 6.04 Å². The van der Waals surface area contributed by atoms with E-state index < -0.39 is 0 Å². The van der Waals surface area contributed by atoms with Gasteiger partial charge in [0.1, 0.15) is 6.29 Å². The lowest BCUT2D eigenvalue weighted by Crippen LogP contribution is -2.32. The average Bonchev–Trinajstić information content (AvgIpc) is 2.08. The number of aldehydes is 1. The number of rotatable bonds is 1. The van der Waals surface area contributed by atoms with Gasteiger partial charge in [-0.3, -0.25) is 0 Å². The van der Waals surface area contributed by atoms with Crippen LogP contribution in [0.4, 0.5) is 0 Å². The highest BCUT2D eigenvalue weighted by Gasteiger charge is 2.07. The molecule has 0 spiro atoms. The van der Waals surface area contributed by atoms with E-state index in [0.717, 1.165) is 26.4 Å². The van der Waals surface area contributed by atoms with E-state index >= 15 is 0 Å². The molecular weight excluding hydrogens is 154 g/mol. The summed E-state index contributed by atoms with van der Waals surface area (Å²) < 4.78 is 0. The molecule has 3 nitrogen and oxygen atoms in total. The molecule has 1 aliphatic rings. The van der Waals surface area contributed by atoms with Crippen LogP contribution in [0.25, 0.3) is 0 Å². The third-order valence-corrected chi connectivity index (χ3v) is 2.01. The minimum Gasteiger partial charge on any atom is -0.400 e. The summed E-state index contributed by atoms with van der Waals surface area (Å²) in [5.74, 6) is 0. The van der Waals surface area contributed by atoms with Crippen molar-refractivity contribution in [2.45, 2.75) is 38.1 Å². The molecular formula is C9H19NO2. The molecule has 0 aromatic carbocycles. The molecule has 1 atom stereocenters. The Kier molecular flexibility index (Phi) is 8.39. The molecule has 1 saturated heterocycles. The Labute approximate surface area is 74.2 Å². The number of aliphatic hydroxyl groups is 1. The van der Waals surface area contributed by atoms with Gasteiger partial charge in [-0.25, -0.2) is 0 Å². The van der Waals surface area contributed by atoms with Crippen molar-refractivity contribution in [1.29, 1.82) is 0 Å². The van der Waals surface area contributed by atoms with E-state index in [0.29, 0.717) is 0 Å². The molecule has 12 heavy (non-hydrogen) atoms. The van der Waals surface area contributed by atoms with Crippen LogP contribution in [0.3, 0.4) is 0 Å². The van der Waals surface area contributed by atoms with Gasteiger partial charge >= 0.3 is 0 Å². The van der Waals surface area contributed by atoms with E-state index in [4.69, 9.17) is 5.11 Å². The Morgan fingerprint density at radius 3 is 2.58 bits per heavy atom. The second-order valence-corrected chi connectivity index (χ2v) is 2.90. The first kappa shape index (κ1) is 11.6. The molecule has 0 aliphatic carbocycles. The van der Waals surface area contributed by atoms with E-state index in [2.05, 4.69) is 5.32 Å². The summed E-state index contributed by atoms with van der Waals surface area (Å²) in [5.41, 5.74) is 0. The Hall–Kier alpha value is -0.410. The molecule has 0 aromatic rings. The lowest BCUT2D eigenvalue weighted by atomic mass is 10.1. The van der Waals surface area contributed by atoms with Crippen LogP contribution in [-0.2, 0) is 4.79 Å². The molecule has 1 aliphatic heterocycles. The molecule has 1 rings (SSSR count). The van der Waals surface area contributed by atoms with E-state index in [9.17, 15) is 4.79 Å². The molecule has 2 N–H and O–H groups in total. The standard InChI is InChI=1S/C8H15NO.CH4O/c10-7-8-5-3-1-2-4-6-9-8;1-2/h7-9H,1-6H2;2H,1H3. The van der Waals surface area contributed by atoms with Crippen LogP contribution < -0.4 is 5.32 Å².